The number of hydrogen-bond donors (Lipinski definition) is 0. The van der Waals surface area contributed by atoms with Crippen molar-refractivity contribution in [3.8, 4) is 17.2 Å². The van der Waals surface area contributed by atoms with Crippen LogP contribution in [0, 0.1) is 0 Å². The summed E-state index contributed by atoms with van der Waals surface area (Å²) in [6, 6.07) is 13.1. The molecule has 0 radical (unpaired) electrons. The van der Waals surface area contributed by atoms with E-state index in [1.165, 1.54) is 5.56 Å². The van der Waals surface area contributed by atoms with E-state index in [0.29, 0.717) is 33.2 Å². The van der Waals surface area contributed by atoms with E-state index in [1.54, 1.807) is 18.2 Å². The number of aromatic nitrogens is 2. The van der Waals surface area contributed by atoms with Gasteiger partial charge in [0.25, 0.3) is 5.89 Å². The zero-order valence-corrected chi connectivity index (χ0v) is 14.8. The van der Waals surface area contributed by atoms with Gasteiger partial charge in [0.1, 0.15) is 5.75 Å². The van der Waals surface area contributed by atoms with Gasteiger partial charge in [-0.25, -0.2) is 0 Å². The fourth-order valence-electron chi connectivity index (χ4n) is 2.18. The molecule has 0 aliphatic rings. The van der Waals surface area contributed by atoms with E-state index >= 15 is 0 Å². The summed E-state index contributed by atoms with van der Waals surface area (Å²) in [5.41, 5.74) is 1.91. The predicted octanol–water partition coefficient (Wildman–Crippen LogP) is 5.75. The Labute approximate surface area is 150 Å². The highest BCUT2D eigenvalue weighted by Gasteiger charge is 2.13. The Morgan fingerprint density at radius 3 is 2.50 bits per heavy atom. The Kier molecular flexibility index (Phi) is 5.07. The summed E-state index contributed by atoms with van der Waals surface area (Å²) < 4.78 is 10.9. The van der Waals surface area contributed by atoms with Gasteiger partial charge in [-0.2, -0.15) is 4.98 Å². The quantitative estimate of drug-likeness (QED) is 0.579. The maximum atomic E-state index is 6.14. The first-order valence-corrected chi connectivity index (χ1v) is 8.29. The molecule has 0 spiro atoms. The highest BCUT2D eigenvalue weighted by Crippen LogP contribution is 2.29. The minimum atomic E-state index is 0.218. The third-order valence-electron chi connectivity index (χ3n) is 3.54. The molecule has 24 heavy (non-hydrogen) atoms. The van der Waals surface area contributed by atoms with Crippen molar-refractivity contribution in [1.82, 2.24) is 10.1 Å². The molecule has 0 saturated heterocycles. The van der Waals surface area contributed by atoms with E-state index in [9.17, 15) is 0 Å². The minimum Gasteiger partial charge on any atom is -0.485 e. The van der Waals surface area contributed by atoms with Crippen LogP contribution in [0.1, 0.15) is 31.2 Å². The Bertz CT molecular complexity index is 829. The fraction of sp³-hybridized carbons (Fsp3) is 0.222. The fourth-order valence-corrected chi connectivity index (χ4v) is 2.67. The van der Waals surface area contributed by atoms with Crippen molar-refractivity contribution in [3.63, 3.8) is 0 Å². The molecule has 0 amide bonds. The van der Waals surface area contributed by atoms with Crippen LogP contribution in [0.2, 0.25) is 10.0 Å². The number of hydrogen-bond acceptors (Lipinski definition) is 4. The predicted molar refractivity (Wildman–Crippen MR) is 94.6 cm³/mol. The lowest BCUT2D eigenvalue weighted by molar-refractivity contribution is 0.287. The van der Waals surface area contributed by atoms with Crippen LogP contribution in [0.4, 0.5) is 0 Å². The van der Waals surface area contributed by atoms with Gasteiger partial charge in [0.15, 0.2) is 6.61 Å². The number of halogens is 2. The molecule has 0 aliphatic heterocycles. The Morgan fingerprint density at radius 2 is 1.83 bits per heavy atom. The molecule has 0 unspecified atom stereocenters. The Balaban J connectivity index is 1.68. The Morgan fingerprint density at radius 1 is 1.08 bits per heavy atom. The molecule has 1 heterocycles. The number of nitrogens with zero attached hydrogens (tertiary/aromatic N) is 2. The monoisotopic (exact) mass is 362 g/mol. The number of rotatable bonds is 5. The molecular weight excluding hydrogens is 347 g/mol. The molecule has 124 valence electrons. The van der Waals surface area contributed by atoms with Crippen LogP contribution in [0.3, 0.4) is 0 Å². The van der Waals surface area contributed by atoms with Crippen LogP contribution >= 0.6 is 23.2 Å². The summed E-state index contributed by atoms with van der Waals surface area (Å²) >= 11 is 12.0. The highest BCUT2D eigenvalue weighted by atomic mass is 35.5. The molecule has 3 aromatic rings. The van der Waals surface area contributed by atoms with Gasteiger partial charge in [-0.05, 0) is 41.8 Å². The second-order valence-corrected chi connectivity index (χ2v) is 6.50. The van der Waals surface area contributed by atoms with E-state index in [2.05, 4.69) is 36.1 Å². The summed E-state index contributed by atoms with van der Waals surface area (Å²) in [5.74, 6) is 2.03. The van der Waals surface area contributed by atoms with Crippen LogP contribution in [0.25, 0.3) is 11.5 Å². The lowest BCUT2D eigenvalue weighted by Crippen LogP contribution is -1.98. The van der Waals surface area contributed by atoms with Crippen molar-refractivity contribution in [2.45, 2.75) is 26.4 Å². The highest BCUT2D eigenvalue weighted by molar-refractivity contribution is 6.36. The molecule has 1 aromatic heterocycles. The topological polar surface area (TPSA) is 48.2 Å². The van der Waals surface area contributed by atoms with E-state index in [0.717, 1.165) is 5.75 Å². The summed E-state index contributed by atoms with van der Waals surface area (Å²) in [6.45, 7) is 4.52. The number of ether oxygens (including phenoxy) is 1. The van der Waals surface area contributed by atoms with Crippen molar-refractivity contribution < 1.29 is 9.26 Å². The first-order chi connectivity index (χ1) is 11.5. The average Bonchev–Trinajstić information content (AvgIpc) is 3.02. The van der Waals surface area contributed by atoms with Crippen LogP contribution in [-0.2, 0) is 6.61 Å². The van der Waals surface area contributed by atoms with Crippen molar-refractivity contribution >= 4 is 23.2 Å². The van der Waals surface area contributed by atoms with Crippen LogP contribution < -0.4 is 4.74 Å². The standard InChI is InChI=1S/C18H16Cl2N2O2/c1-11(2)12-3-6-14(7-4-12)23-10-17-21-18(24-22-17)15-8-5-13(19)9-16(15)20/h3-9,11H,10H2,1-2H3. The van der Waals surface area contributed by atoms with Crippen molar-refractivity contribution in [2.75, 3.05) is 0 Å². The SMILES string of the molecule is CC(C)c1ccc(OCc2noc(-c3ccc(Cl)cc3Cl)n2)cc1. The summed E-state index contributed by atoms with van der Waals surface area (Å²) in [4.78, 5) is 4.30. The zero-order valence-electron chi connectivity index (χ0n) is 13.3. The molecule has 0 N–H and O–H groups in total. The van der Waals surface area contributed by atoms with Crippen LogP contribution in [0.5, 0.6) is 5.75 Å². The molecule has 0 bridgehead atoms. The van der Waals surface area contributed by atoms with E-state index < -0.39 is 0 Å². The van der Waals surface area contributed by atoms with Crippen molar-refractivity contribution in [3.05, 3.63) is 63.9 Å². The first kappa shape index (κ1) is 16.8. The van der Waals surface area contributed by atoms with Gasteiger partial charge in [-0.3, -0.25) is 0 Å². The third kappa shape index (κ3) is 3.89. The van der Waals surface area contributed by atoms with Gasteiger partial charge in [-0.1, -0.05) is 54.3 Å². The molecular formula is C18H16Cl2N2O2. The summed E-state index contributed by atoms with van der Waals surface area (Å²) in [5, 5.41) is 4.93. The van der Waals surface area contributed by atoms with Gasteiger partial charge in [0.05, 0.1) is 10.6 Å². The zero-order chi connectivity index (χ0) is 17.1. The molecule has 3 rings (SSSR count). The maximum Gasteiger partial charge on any atom is 0.259 e. The Hall–Kier alpha value is -2.04. The van der Waals surface area contributed by atoms with Crippen LogP contribution in [-0.4, -0.2) is 10.1 Å². The largest absolute Gasteiger partial charge is 0.485 e. The van der Waals surface area contributed by atoms with E-state index in [-0.39, 0.29) is 6.61 Å². The molecule has 6 heteroatoms. The molecule has 0 aliphatic carbocycles. The molecule has 0 fully saturated rings. The average molecular weight is 363 g/mol. The second-order valence-electron chi connectivity index (χ2n) is 5.65. The summed E-state index contributed by atoms with van der Waals surface area (Å²) in [6.07, 6.45) is 0. The normalized spacial score (nSPS) is 11.0. The molecule has 4 nitrogen and oxygen atoms in total. The van der Waals surface area contributed by atoms with Gasteiger partial charge >= 0.3 is 0 Å². The molecule has 0 atom stereocenters. The van der Waals surface area contributed by atoms with Crippen molar-refractivity contribution in [1.29, 1.82) is 0 Å². The second kappa shape index (κ2) is 7.24. The van der Waals surface area contributed by atoms with Gasteiger partial charge in [0, 0.05) is 5.02 Å². The van der Waals surface area contributed by atoms with Gasteiger partial charge < -0.3 is 9.26 Å². The van der Waals surface area contributed by atoms with Gasteiger partial charge in [-0.15, -0.1) is 0 Å². The lowest BCUT2D eigenvalue weighted by Gasteiger charge is -2.07. The summed E-state index contributed by atoms with van der Waals surface area (Å²) in [7, 11) is 0. The number of benzene rings is 2. The van der Waals surface area contributed by atoms with Crippen molar-refractivity contribution in [2.24, 2.45) is 0 Å². The minimum absolute atomic E-state index is 0.218. The molecule has 2 aromatic carbocycles. The van der Waals surface area contributed by atoms with Crippen LogP contribution in [0.15, 0.2) is 47.0 Å². The maximum absolute atomic E-state index is 6.14. The smallest absolute Gasteiger partial charge is 0.259 e. The van der Waals surface area contributed by atoms with E-state index in [1.807, 2.05) is 12.1 Å². The molecule has 0 saturated carbocycles. The lowest BCUT2D eigenvalue weighted by atomic mass is 10.0. The third-order valence-corrected chi connectivity index (χ3v) is 4.09. The van der Waals surface area contributed by atoms with Gasteiger partial charge in [0.2, 0.25) is 5.82 Å². The first-order valence-electron chi connectivity index (χ1n) is 7.53. The van der Waals surface area contributed by atoms with E-state index in [4.69, 9.17) is 32.5 Å².